The standard InChI is InChI=1S/C19H18N2O7/c20-9-2-1-6-3-7-4-8-5-10(22)13(18(21)27)17(26)19(8,28)16(25)12(7)15(24)11(6)14(9)23/h1-2,7-8,12-13,23,28H,3-5,20H2,(H2,21,27)/t7-,8-,12?,13?,19-/m0/s1. The van der Waals surface area contributed by atoms with Crippen LogP contribution in [0.5, 0.6) is 5.75 Å². The Morgan fingerprint density at radius 2 is 1.79 bits per heavy atom. The third-order valence-electron chi connectivity index (χ3n) is 6.31. The number of fused-ring (bicyclic) bond motifs is 3. The highest BCUT2D eigenvalue weighted by molar-refractivity contribution is 6.31. The van der Waals surface area contributed by atoms with Gasteiger partial charge in [-0.2, -0.15) is 0 Å². The van der Waals surface area contributed by atoms with E-state index >= 15 is 0 Å². The SMILES string of the molecule is NC(=O)C1C(=O)C[C@@H]2C[C@@H]3Cc4ccc(N)c(O)c4C(=O)C3C(=O)[C@]2(O)C1=O. The van der Waals surface area contributed by atoms with Crippen LogP contribution in [0, 0.1) is 23.7 Å². The van der Waals surface area contributed by atoms with Gasteiger partial charge in [-0.3, -0.25) is 24.0 Å². The van der Waals surface area contributed by atoms with E-state index in [1.165, 1.54) is 6.07 Å². The number of phenols is 1. The molecule has 0 bridgehead atoms. The summed E-state index contributed by atoms with van der Waals surface area (Å²) in [5, 5.41) is 21.2. The molecule has 1 aromatic rings. The van der Waals surface area contributed by atoms with Crippen LogP contribution in [-0.4, -0.2) is 44.9 Å². The van der Waals surface area contributed by atoms with E-state index in [1.54, 1.807) is 6.07 Å². The van der Waals surface area contributed by atoms with Gasteiger partial charge < -0.3 is 21.7 Å². The number of nitrogen functional groups attached to an aromatic ring is 1. The first-order valence-electron chi connectivity index (χ1n) is 8.86. The summed E-state index contributed by atoms with van der Waals surface area (Å²) in [5.41, 5.74) is 8.53. The number of hydrogen-bond acceptors (Lipinski definition) is 8. The lowest BCUT2D eigenvalue weighted by molar-refractivity contribution is -0.175. The molecule has 2 saturated carbocycles. The molecule has 0 heterocycles. The van der Waals surface area contributed by atoms with Gasteiger partial charge in [-0.25, -0.2) is 0 Å². The predicted molar refractivity (Wildman–Crippen MR) is 92.9 cm³/mol. The summed E-state index contributed by atoms with van der Waals surface area (Å²) in [7, 11) is 0. The lowest BCUT2D eigenvalue weighted by Gasteiger charge is -2.48. The quantitative estimate of drug-likeness (QED) is 0.267. The highest BCUT2D eigenvalue weighted by Crippen LogP contribution is 2.50. The van der Waals surface area contributed by atoms with Crippen molar-refractivity contribution in [2.24, 2.45) is 29.4 Å². The first kappa shape index (κ1) is 18.3. The van der Waals surface area contributed by atoms with Gasteiger partial charge in [0, 0.05) is 12.3 Å². The topological polar surface area (TPSA) is 178 Å². The van der Waals surface area contributed by atoms with Crippen LogP contribution < -0.4 is 11.5 Å². The first-order valence-corrected chi connectivity index (χ1v) is 8.86. The largest absolute Gasteiger partial charge is 0.505 e. The monoisotopic (exact) mass is 386 g/mol. The van der Waals surface area contributed by atoms with E-state index in [0.29, 0.717) is 5.56 Å². The Bertz CT molecular complexity index is 985. The van der Waals surface area contributed by atoms with Crippen molar-refractivity contribution in [3.05, 3.63) is 23.3 Å². The fourth-order valence-corrected chi connectivity index (χ4v) is 4.96. The summed E-state index contributed by atoms with van der Waals surface area (Å²) in [4.78, 5) is 62.6. The van der Waals surface area contributed by atoms with Gasteiger partial charge in [-0.1, -0.05) is 6.07 Å². The maximum Gasteiger partial charge on any atom is 0.235 e. The fraction of sp³-hybridized carbons (Fsp3) is 0.421. The van der Waals surface area contributed by atoms with Gasteiger partial charge in [-0.15, -0.1) is 0 Å². The van der Waals surface area contributed by atoms with Crippen molar-refractivity contribution in [1.82, 2.24) is 0 Å². The molecule has 9 heteroatoms. The second-order valence-electron chi connectivity index (χ2n) is 7.78. The van der Waals surface area contributed by atoms with E-state index in [2.05, 4.69) is 0 Å². The molecule has 5 atom stereocenters. The van der Waals surface area contributed by atoms with Crippen LogP contribution in [0.15, 0.2) is 12.1 Å². The molecular weight excluding hydrogens is 368 g/mol. The minimum Gasteiger partial charge on any atom is -0.505 e. The van der Waals surface area contributed by atoms with Gasteiger partial charge in [0.05, 0.1) is 17.2 Å². The maximum atomic E-state index is 13.1. The molecule has 1 amide bonds. The molecule has 6 N–H and O–H groups in total. The van der Waals surface area contributed by atoms with Gasteiger partial charge in [0.2, 0.25) is 5.91 Å². The number of carbonyl (C=O) groups is 5. The zero-order valence-electron chi connectivity index (χ0n) is 14.7. The van der Waals surface area contributed by atoms with Crippen molar-refractivity contribution in [3.63, 3.8) is 0 Å². The number of aliphatic hydroxyl groups is 1. The highest BCUT2D eigenvalue weighted by atomic mass is 16.3. The minimum atomic E-state index is -2.63. The Morgan fingerprint density at radius 3 is 2.43 bits per heavy atom. The van der Waals surface area contributed by atoms with Crippen molar-refractivity contribution in [3.8, 4) is 5.75 Å². The number of anilines is 1. The number of Topliss-reactive ketones (excluding diaryl/α,β-unsaturated/α-hetero) is 4. The molecule has 146 valence electrons. The summed E-state index contributed by atoms with van der Waals surface area (Å²) in [5.74, 6) is -10.3. The molecule has 28 heavy (non-hydrogen) atoms. The van der Waals surface area contributed by atoms with Gasteiger partial charge in [0.1, 0.15) is 5.75 Å². The molecule has 0 aromatic heterocycles. The van der Waals surface area contributed by atoms with E-state index in [9.17, 15) is 34.2 Å². The summed E-state index contributed by atoms with van der Waals surface area (Å²) >= 11 is 0. The molecule has 3 aliphatic rings. The lowest BCUT2D eigenvalue weighted by atomic mass is 9.54. The molecule has 9 nitrogen and oxygen atoms in total. The highest BCUT2D eigenvalue weighted by Gasteiger charge is 2.65. The van der Waals surface area contributed by atoms with Crippen molar-refractivity contribution < 1.29 is 34.2 Å². The summed E-state index contributed by atoms with van der Waals surface area (Å²) < 4.78 is 0. The van der Waals surface area contributed by atoms with Crippen LogP contribution in [0.1, 0.15) is 28.8 Å². The number of hydrogen-bond donors (Lipinski definition) is 4. The Balaban J connectivity index is 1.81. The smallest absolute Gasteiger partial charge is 0.235 e. The number of phenolic OH excluding ortho intramolecular Hbond substituents is 1. The average molecular weight is 386 g/mol. The van der Waals surface area contributed by atoms with Crippen LogP contribution in [0.4, 0.5) is 5.69 Å². The molecule has 2 unspecified atom stereocenters. The molecule has 2 fully saturated rings. The number of ketones is 4. The second kappa shape index (κ2) is 5.71. The Labute approximate surface area is 158 Å². The van der Waals surface area contributed by atoms with Gasteiger partial charge in [0.25, 0.3) is 0 Å². The van der Waals surface area contributed by atoms with Crippen LogP contribution in [0.25, 0.3) is 0 Å². The average Bonchev–Trinajstić information content (AvgIpc) is 2.61. The van der Waals surface area contributed by atoms with E-state index in [0.717, 1.165) is 0 Å². The number of amides is 1. The van der Waals surface area contributed by atoms with Crippen molar-refractivity contribution >= 4 is 34.7 Å². The molecule has 0 aliphatic heterocycles. The first-order chi connectivity index (χ1) is 13.1. The fourth-order valence-electron chi connectivity index (χ4n) is 4.96. The summed E-state index contributed by atoms with van der Waals surface area (Å²) in [6.07, 6.45) is -0.0233. The van der Waals surface area contributed by atoms with Crippen molar-refractivity contribution in [2.75, 3.05) is 5.73 Å². The van der Waals surface area contributed by atoms with E-state index in [1.807, 2.05) is 0 Å². The summed E-state index contributed by atoms with van der Waals surface area (Å²) in [6, 6.07) is 3.04. The van der Waals surface area contributed by atoms with Crippen LogP contribution >= 0.6 is 0 Å². The third-order valence-corrected chi connectivity index (χ3v) is 6.31. The Hall–Kier alpha value is -3.07. The normalized spacial score (nSPS) is 34.5. The van der Waals surface area contributed by atoms with E-state index < -0.39 is 64.1 Å². The van der Waals surface area contributed by atoms with Gasteiger partial charge in [0.15, 0.2) is 34.7 Å². The molecule has 0 spiro atoms. The van der Waals surface area contributed by atoms with Crippen molar-refractivity contribution in [1.29, 1.82) is 0 Å². The number of benzene rings is 1. The number of primary amides is 1. The number of carbonyl (C=O) groups excluding carboxylic acids is 5. The van der Waals surface area contributed by atoms with Gasteiger partial charge in [-0.05, 0) is 30.4 Å². The lowest BCUT2D eigenvalue weighted by Crippen LogP contribution is -2.68. The second-order valence-corrected chi connectivity index (χ2v) is 7.78. The van der Waals surface area contributed by atoms with Crippen LogP contribution in [0.3, 0.4) is 0 Å². The zero-order valence-corrected chi connectivity index (χ0v) is 14.7. The molecule has 1 aromatic carbocycles. The molecular formula is C19H18N2O7. The third kappa shape index (κ3) is 2.13. The minimum absolute atomic E-state index is 0.0291. The number of nitrogens with two attached hydrogens (primary N) is 2. The summed E-state index contributed by atoms with van der Waals surface area (Å²) in [6.45, 7) is 0. The molecule has 0 radical (unpaired) electrons. The molecule has 0 saturated heterocycles. The van der Waals surface area contributed by atoms with Crippen LogP contribution in [-0.2, 0) is 25.6 Å². The molecule has 4 rings (SSSR count). The molecule has 3 aliphatic carbocycles. The van der Waals surface area contributed by atoms with E-state index in [4.69, 9.17) is 11.5 Å². The number of rotatable bonds is 1. The van der Waals surface area contributed by atoms with Crippen LogP contribution in [0.2, 0.25) is 0 Å². The van der Waals surface area contributed by atoms with E-state index in [-0.39, 0.29) is 30.5 Å². The number of aromatic hydroxyl groups is 1. The zero-order chi connectivity index (χ0) is 20.5. The Kier molecular flexibility index (Phi) is 3.73. The maximum absolute atomic E-state index is 13.1. The van der Waals surface area contributed by atoms with Crippen molar-refractivity contribution in [2.45, 2.75) is 24.9 Å². The predicted octanol–water partition coefficient (Wildman–Crippen LogP) is -1.09. The van der Waals surface area contributed by atoms with Gasteiger partial charge >= 0.3 is 0 Å². The Morgan fingerprint density at radius 1 is 1.11 bits per heavy atom.